The average molecular weight is 256 g/mol. The lowest BCUT2D eigenvalue weighted by Gasteiger charge is -2.04. The van der Waals surface area contributed by atoms with E-state index >= 15 is 0 Å². The van der Waals surface area contributed by atoms with Gasteiger partial charge in [0.2, 0.25) is 0 Å². The van der Waals surface area contributed by atoms with Gasteiger partial charge in [0.15, 0.2) is 0 Å². The second-order valence-corrected chi connectivity index (χ2v) is 3.25. The molecule has 2 amide bonds. The molecular weight excluding hydrogens is 244 g/mol. The van der Waals surface area contributed by atoms with Gasteiger partial charge >= 0.3 is 12.1 Å². The monoisotopic (exact) mass is 256 g/mol. The number of ether oxygens (including phenoxy) is 1. The van der Waals surface area contributed by atoms with Gasteiger partial charge in [-0.25, -0.2) is 4.79 Å². The summed E-state index contributed by atoms with van der Waals surface area (Å²) in [7, 11) is 0. The molecule has 98 valence electrons. The zero-order chi connectivity index (χ0) is 13.5. The lowest BCUT2D eigenvalue weighted by Crippen LogP contribution is -2.29. The van der Waals surface area contributed by atoms with Gasteiger partial charge in [-0.15, -0.1) is 0 Å². The first kappa shape index (κ1) is 13.6. The van der Waals surface area contributed by atoms with Gasteiger partial charge in [-0.1, -0.05) is 0 Å². The molecule has 1 aromatic rings. The van der Waals surface area contributed by atoms with E-state index in [1.807, 2.05) is 0 Å². The van der Waals surface area contributed by atoms with E-state index in [-0.39, 0.29) is 30.9 Å². The molecule has 0 unspecified atom stereocenters. The number of hydrogen-bond donors (Lipinski definition) is 3. The summed E-state index contributed by atoms with van der Waals surface area (Å²) in [6, 6.07) is 1.36. The molecule has 0 aliphatic carbocycles. The van der Waals surface area contributed by atoms with Gasteiger partial charge in [-0.2, -0.15) is 0 Å². The number of carbonyl (C=O) groups is 3. The molecule has 0 aromatic carbocycles. The van der Waals surface area contributed by atoms with Crippen molar-refractivity contribution in [1.82, 2.24) is 5.32 Å². The highest BCUT2D eigenvalue weighted by molar-refractivity contribution is 5.95. The van der Waals surface area contributed by atoms with E-state index in [1.165, 1.54) is 12.3 Å². The van der Waals surface area contributed by atoms with Crippen LogP contribution in [0.15, 0.2) is 16.7 Å². The summed E-state index contributed by atoms with van der Waals surface area (Å²) in [5, 5.41) is 11.0. The molecule has 8 nitrogen and oxygen atoms in total. The van der Waals surface area contributed by atoms with Crippen molar-refractivity contribution in [2.24, 2.45) is 5.73 Å². The largest absolute Gasteiger partial charge is 0.481 e. The first-order valence-electron chi connectivity index (χ1n) is 4.99. The van der Waals surface area contributed by atoms with Gasteiger partial charge in [0, 0.05) is 0 Å². The average Bonchev–Trinajstić information content (AvgIpc) is 2.71. The molecule has 0 saturated heterocycles. The number of carboxylic acids is 1. The van der Waals surface area contributed by atoms with Gasteiger partial charge in [0.1, 0.15) is 18.8 Å². The minimum Gasteiger partial charge on any atom is -0.481 e. The van der Waals surface area contributed by atoms with Crippen LogP contribution >= 0.6 is 0 Å². The SMILES string of the molecule is NC(=O)OCCNC(=O)c1ccoc1CC(=O)O. The molecule has 0 aliphatic rings. The molecule has 1 aromatic heterocycles. The molecule has 0 spiro atoms. The third-order valence-electron chi connectivity index (χ3n) is 1.93. The number of furan rings is 1. The lowest BCUT2D eigenvalue weighted by molar-refractivity contribution is -0.136. The number of carboxylic acid groups (broad SMARTS) is 1. The number of aliphatic carboxylic acids is 1. The number of hydrogen-bond acceptors (Lipinski definition) is 5. The summed E-state index contributed by atoms with van der Waals surface area (Å²) in [5.74, 6) is -1.54. The normalized spacial score (nSPS) is 9.78. The van der Waals surface area contributed by atoms with E-state index in [1.54, 1.807) is 0 Å². The molecule has 18 heavy (non-hydrogen) atoms. The second-order valence-electron chi connectivity index (χ2n) is 3.25. The highest BCUT2D eigenvalue weighted by Gasteiger charge is 2.16. The Morgan fingerprint density at radius 3 is 2.78 bits per heavy atom. The van der Waals surface area contributed by atoms with E-state index in [9.17, 15) is 14.4 Å². The molecule has 0 aliphatic heterocycles. The molecule has 0 bridgehead atoms. The summed E-state index contributed by atoms with van der Waals surface area (Å²) >= 11 is 0. The van der Waals surface area contributed by atoms with Crippen molar-refractivity contribution in [2.45, 2.75) is 6.42 Å². The van der Waals surface area contributed by atoms with Crippen LogP contribution in [-0.4, -0.2) is 36.2 Å². The Bertz CT molecular complexity index is 453. The fourth-order valence-electron chi connectivity index (χ4n) is 1.23. The van der Waals surface area contributed by atoms with Crippen LogP contribution in [0.5, 0.6) is 0 Å². The number of nitrogens with two attached hydrogens (primary N) is 1. The van der Waals surface area contributed by atoms with Gasteiger partial charge in [0.25, 0.3) is 5.91 Å². The van der Waals surface area contributed by atoms with Crippen LogP contribution in [0.25, 0.3) is 0 Å². The number of amides is 2. The number of carbonyl (C=O) groups excluding carboxylic acids is 2. The first-order chi connectivity index (χ1) is 8.50. The Labute approximate surface area is 102 Å². The molecule has 0 fully saturated rings. The Hall–Kier alpha value is -2.51. The van der Waals surface area contributed by atoms with Crippen LogP contribution < -0.4 is 11.1 Å². The van der Waals surface area contributed by atoms with Crippen molar-refractivity contribution in [1.29, 1.82) is 0 Å². The Balaban J connectivity index is 2.48. The summed E-state index contributed by atoms with van der Waals surface area (Å²) < 4.78 is 9.31. The van der Waals surface area contributed by atoms with Crippen LogP contribution in [0.1, 0.15) is 16.1 Å². The third kappa shape index (κ3) is 4.16. The van der Waals surface area contributed by atoms with Crippen molar-refractivity contribution < 1.29 is 28.6 Å². The molecule has 0 radical (unpaired) electrons. The zero-order valence-corrected chi connectivity index (χ0v) is 9.34. The fourth-order valence-corrected chi connectivity index (χ4v) is 1.23. The van der Waals surface area contributed by atoms with Crippen LogP contribution in [0.3, 0.4) is 0 Å². The molecule has 1 heterocycles. The maximum atomic E-state index is 11.6. The summed E-state index contributed by atoms with van der Waals surface area (Å²) in [6.07, 6.45) is -0.0835. The molecule has 0 saturated carbocycles. The summed E-state index contributed by atoms with van der Waals surface area (Å²) in [5.41, 5.74) is 4.86. The van der Waals surface area contributed by atoms with E-state index in [2.05, 4.69) is 10.1 Å². The minimum absolute atomic E-state index is 0.0623. The molecular formula is C10H12N2O6. The quantitative estimate of drug-likeness (QED) is 0.600. The second kappa shape index (κ2) is 6.28. The van der Waals surface area contributed by atoms with Crippen LogP contribution in [0.4, 0.5) is 4.79 Å². The number of nitrogens with one attached hydrogen (secondary N) is 1. The van der Waals surface area contributed by atoms with Crippen LogP contribution in [0, 0.1) is 0 Å². The standard InChI is InChI=1S/C10H12N2O6/c11-10(16)18-4-2-12-9(15)6-1-3-17-7(6)5-8(13)14/h1,3H,2,4-5H2,(H2,11,16)(H,12,15)(H,13,14). The van der Waals surface area contributed by atoms with Gasteiger partial charge in [-0.05, 0) is 6.07 Å². The minimum atomic E-state index is -1.10. The predicted molar refractivity (Wildman–Crippen MR) is 57.9 cm³/mol. The highest BCUT2D eigenvalue weighted by atomic mass is 16.5. The molecule has 8 heteroatoms. The Kier molecular flexibility index (Phi) is 4.73. The first-order valence-corrected chi connectivity index (χ1v) is 4.99. The van der Waals surface area contributed by atoms with E-state index in [0.717, 1.165) is 0 Å². The van der Waals surface area contributed by atoms with Crippen molar-refractivity contribution in [3.05, 3.63) is 23.7 Å². The maximum absolute atomic E-state index is 11.6. The van der Waals surface area contributed by atoms with Crippen molar-refractivity contribution in [2.75, 3.05) is 13.2 Å². The molecule has 0 atom stereocenters. The number of primary amides is 1. The Morgan fingerprint density at radius 1 is 1.44 bits per heavy atom. The van der Waals surface area contributed by atoms with Crippen LogP contribution in [0.2, 0.25) is 0 Å². The van der Waals surface area contributed by atoms with Crippen LogP contribution in [-0.2, 0) is 16.0 Å². The van der Waals surface area contributed by atoms with Gasteiger partial charge in [-0.3, -0.25) is 9.59 Å². The van der Waals surface area contributed by atoms with E-state index in [0.29, 0.717) is 0 Å². The Morgan fingerprint density at radius 2 is 2.17 bits per heavy atom. The lowest BCUT2D eigenvalue weighted by atomic mass is 10.2. The third-order valence-corrected chi connectivity index (χ3v) is 1.93. The smallest absolute Gasteiger partial charge is 0.404 e. The zero-order valence-electron chi connectivity index (χ0n) is 9.34. The topological polar surface area (TPSA) is 132 Å². The maximum Gasteiger partial charge on any atom is 0.404 e. The van der Waals surface area contributed by atoms with E-state index in [4.69, 9.17) is 15.3 Å². The fraction of sp³-hybridized carbons (Fsp3) is 0.300. The van der Waals surface area contributed by atoms with E-state index < -0.39 is 18.0 Å². The highest BCUT2D eigenvalue weighted by Crippen LogP contribution is 2.11. The van der Waals surface area contributed by atoms with Crippen molar-refractivity contribution in [3.63, 3.8) is 0 Å². The summed E-state index contributed by atoms with van der Waals surface area (Å²) in [4.78, 5) is 32.4. The molecule has 1 rings (SSSR count). The predicted octanol–water partition coefficient (Wildman–Crippen LogP) is -0.268. The summed E-state index contributed by atoms with van der Waals surface area (Å²) in [6.45, 7) is 0.00660. The van der Waals surface area contributed by atoms with Gasteiger partial charge < -0.3 is 25.3 Å². The van der Waals surface area contributed by atoms with Crippen molar-refractivity contribution in [3.8, 4) is 0 Å². The number of rotatable bonds is 6. The molecule has 4 N–H and O–H groups in total. The van der Waals surface area contributed by atoms with Crippen molar-refractivity contribution >= 4 is 18.0 Å². The van der Waals surface area contributed by atoms with Gasteiger partial charge in [0.05, 0.1) is 18.4 Å².